The lowest BCUT2D eigenvalue weighted by atomic mass is 10.2. The van der Waals surface area contributed by atoms with Gasteiger partial charge in [0.2, 0.25) is 0 Å². The van der Waals surface area contributed by atoms with Gasteiger partial charge in [0.1, 0.15) is 5.75 Å². The molecule has 0 aliphatic heterocycles. The number of hydrogen-bond donors (Lipinski definition) is 1. The third kappa shape index (κ3) is 3.58. The van der Waals surface area contributed by atoms with Crippen molar-refractivity contribution < 1.29 is 9.53 Å². The van der Waals surface area contributed by atoms with Crippen LogP contribution in [0.5, 0.6) is 5.75 Å². The van der Waals surface area contributed by atoms with Gasteiger partial charge < -0.3 is 15.0 Å². The number of methoxy groups -OCH3 is 1. The van der Waals surface area contributed by atoms with E-state index in [2.05, 4.69) is 17.4 Å². The molecule has 0 bridgehead atoms. The molecule has 2 amide bonds. The van der Waals surface area contributed by atoms with Crippen LogP contribution < -0.4 is 10.1 Å². The van der Waals surface area contributed by atoms with Crippen LogP contribution in [-0.2, 0) is 6.54 Å². The van der Waals surface area contributed by atoms with Crippen molar-refractivity contribution in [3.8, 4) is 5.75 Å². The van der Waals surface area contributed by atoms with Crippen LogP contribution >= 0.6 is 0 Å². The van der Waals surface area contributed by atoms with E-state index in [1.54, 1.807) is 7.11 Å². The summed E-state index contributed by atoms with van der Waals surface area (Å²) in [6.45, 7) is 0.646. The Kier molecular flexibility index (Phi) is 4.28. The smallest absolute Gasteiger partial charge is 0.322 e. The van der Waals surface area contributed by atoms with E-state index in [1.165, 1.54) is 0 Å². The van der Waals surface area contributed by atoms with Gasteiger partial charge >= 0.3 is 6.03 Å². The number of carbonyl (C=O) groups is 1. The number of nitrogens with one attached hydrogen (secondary N) is 1. The number of anilines is 1. The van der Waals surface area contributed by atoms with E-state index in [1.807, 2.05) is 47.4 Å². The van der Waals surface area contributed by atoms with Crippen LogP contribution in [0.2, 0.25) is 0 Å². The number of urea groups is 1. The summed E-state index contributed by atoms with van der Waals surface area (Å²) in [7, 11) is 1.63. The Hall–Kier alpha value is -2.49. The van der Waals surface area contributed by atoms with E-state index in [9.17, 15) is 4.79 Å². The van der Waals surface area contributed by atoms with Crippen LogP contribution in [0.25, 0.3) is 0 Å². The van der Waals surface area contributed by atoms with E-state index in [0.717, 1.165) is 29.8 Å². The molecule has 2 aromatic carbocycles. The molecule has 1 aliphatic rings. The maximum absolute atomic E-state index is 12.5. The Morgan fingerprint density at radius 3 is 2.41 bits per heavy atom. The molecule has 1 N–H and O–H groups in total. The second kappa shape index (κ2) is 6.52. The van der Waals surface area contributed by atoms with Gasteiger partial charge in [-0.15, -0.1) is 0 Å². The third-order valence-corrected chi connectivity index (χ3v) is 3.79. The molecule has 1 saturated carbocycles. The Labute approximate surface area is 130 Å². The van der Waals surface area contributed by atoms with E-state index >= 15 is 0 Å². The lowest BCUT2D eigenvalue weighted by Crippen LogP contribution is -2.36. The number of carbonyl (C=O) groups excluding carboxylic acids is 1. The predicted octanol–water partition coefficient (Wildman–Crippen LogP) is 3.89. The molecule has 4 heteroatoms. The van der Waals surface area contributed by atoms with Crippen molar-refractivity contribution in [3.05, 3.63) is 60.2 Å². The largest absolute Gasteiger partial charge is 0.497 e. The first-order chi connectivity index (χ1) is 10.8. The van der Waals surface area contributed by atoms with Crippen molar-refractivity contribution in [2.75, 3.05) is 12.4 Å². The van der Waals surface area contributed by atoms with Gasteiger partial charge in [0.15, 0.2) is 0 Å². The van der Waals surface area contributed by atoms with E-state index in [-0.39, 0.29) is 6.03 Å². The minimum absolute atomic E-state index is 0.0449. The van der Waals surface area contributed by atoms with Crippen molar-refractivity contribution in [2.45, 2.75) is 25.4 Å². The summed E-state index contributed by atoms with van der Waals surface area (Å²) in [5, 5.41) is 2.97. The Bertz CT molecular complexity index is 621. The Balaban J connectivity index is 1.67. The highest BCUT2D eigenvalue weighted by molar-refractivity contribution is 5.89. The molecular formula is C18H20N2O2. The minimum Gasteiger partial charge on any atom is -0.497 e. The van der Waals surface area contributed by atoms with Gasteiger partial charge in [-0.25, -0.2) is 4.79 Å². The van der Waals surface area contributed by atoms with Gasteiger partial charge in [-0.2, -0.15) is 0 Å². The first-order valence-electron chi connectivity index (χ1n) is 7.52. The van der Waals surface area contributed by atoms with Crippen molar-refractivity contribution >= 4 is 11.7 Å². The van der Waals surface area contributed by atoms with Gasteiger partial charge in [-0.05, 0) is 42.7 Å². The maximum Gasteiger partial charge on any atom is 0.322 e. The number of hydrogen-bond acceptors (Lipinski definition) is 2. The van der Waals surface area contributed by atoms with Gasteiger partial charge in [0.25, 0.3) is 0 Å². The highest BCUT2D eigenvalue weighted by atomic mass is 16.5. The van der Waals surface area contributed by atoms with Gasteiger partial charge in [-0.3, -0.25) is 0 Å². The molecule has 0 spiro atoms. The highest BCUT2D eigenvalue weighted by Gasteiger charge is 2.32. The van der Waals surface area contributed by atoms with Gasteiger partial charge in [0, 0.05) is 18.3 Å². The van der Waals surface area contributed by atoms with Crippen molar-refractivity contribution in [1.29, 1.82) is 0 Å². The van der Waals surface area contributed by atoms with Gasteiger partial charge in [-0.1, -0.05) is 30.3 Å². The average Bonchev–Trinajstić information content (AvgIpc) is 3.39. The fraction of sp³-hybridized carbons (Fsp3) is 0.278. The quantitative estimate of drug-likeness (QED) is 0.909. The number of benzene rings is 2. The number of rotatable bonds is 5. The van der Waals surface area contributed by atoms with Crippen molar-refractivity contribution in [2.24, 2.45) is 0 Å². The summed E-state index contributed by atoms with van der Waals surface area (Å²) in [5.74, 6) is 0.779. The molecule has 2 aromatic rings. The van der Waals surface area contributed by atoms with Crippen LogP contribution in [0.3, 0.4) is 0 Å². The number of ether oxygens (including phenoxy) is 1. The van der Waals surface area contributed by atoms with Crippen LogP contribution in [0.1, 0.15) is 18.4 Å². The van der Waals surface area contributed by atoms with E-state index < -0.39 is 0 Å². The zero-order valence-corrected chi connectivity index (χ0v) is 12.7. The first-order valence-corrected chi connectivity index (χ1v) is 7.52. The summed E-state index contributed by atoms with van der Waals surface area (Å²) in [5.41, 5.74) is 1.93. The fourth-order valence-corrected chi connectivity index (χ4v) is 2.40. The summed E-state index contributed by atoms with van der Waals surface area (Å²) in [6, 6.07) is 17.8. The molecule has 114 valence electrons. The second-order valence-corrected chi connectivity index (χ2v) is 5.50. The molecular weight excluding hydrogens is 276 g/mol. The van der Waals surface area contributed by atoms with E-state index in [4.69, 9.17) is 4.74 Å². The molecule has 1 aliphatic carbocycles. The SMILES string of the molecule is COc1ccc(NC(=O)N(Cc2ccccc2)C2CC2)cc1. The Morgan fingerprint density at radius 1 is 1.14 bits per heavy atom. The lowest BCUT2D eigenvalue weighted by Gasteiger charge is -2.23. The van der Waals surface area contributed by atoms with Crippen LogP contribution in [-0.4, -0.2) is 24.1 Å². The molecule has 0 radical (unpaired) electrons. The standard InChI is InChI=1S/C18H20N2O2/c1-22-17-11-7-15(8-12-17)19-18(21)20(16-9-10-16)13-14-5-3-2-4-6-14/h2-8,11-12,16H,9-10,13H2,1H3,(H,19,21). The van der Waals surface area contributed by atoms with Crippen LogP contribution in [0.4, 0.5) is 10.5 Å². The summed E-state index contributed by atoms with van der Waals surface area (Å²) in [6.07, 6.45) is 2.17. The van der Waals surface area contributed by atoms with Crippen LogP contribution in [0.15, 0.2) is 54.6 Å². The predicted molar refractivity (Wildman–Crippen MR) is 87.0 cm³/mol. The van der Waals surface area contributed by atoms with Crippen LogP contribution in [0, 0.1) is 0 Å². The lowest BCUT2D eigenvalue weighted by molar-refractivity contribution is 0.206. The molecule has 0 saturated heterocycles. The monoisotopic (exact) mass is 296 g/mol. The minimum atomic E-state index is -0.0449. The average molecular weight is 296 g/mol. The molecule has 0 unspecified atom stereocenters. The highest BCUT2D eigenvalue weighted by Crippen LogP contribution is 2.29. The molecule has 0 aromatic heterocycles. The molecule has 0 atom stereocenters. The molecule has 0 heterocycles. The fourth-order valence-electron chi connectivity index (χ4n) is 2.40. The molecule has 4 nitrogen and oxygen atoms in total. The summed E-state index contributed by atoms with van der Waals surface area (Å²) < 4.78 is 5.13. The second-order valence-electron chi connectivity index (χ2n) is 5.50. The third-order valence-electron chi connectivity index (χ3n) is 3.79. The molecule has 22 heavy (non-hydrogen) atoms. The zero-order valence-electron chi connectivity index (χ0n) is 12.7. The Morgan fingerprint density at radius 2 is 1.82 bits per heavy atom. The van der Waals surface area contributed by atoms with Crippen molar-refractivity contribution in [1.82, 2.24) is 4.90 Å². The number of amides is 2. The van der Waals surface area contributed by atoms with E-state index in [0.29, 0.717) is 12.6 Å². The first kappa shape index (κ1) is 14.4. The summed E-state index contributed by atoms with van der Waals surface area (Å²) in [4.78, 5) is 14.5. The molecule has 1 fully saturated rings. The van der Waals surface area contributed by atoms with Gasteiger partial charge in [0.05, 0.1) is 7.11 Å². The van der Waals surface area contributed by atoms with Crippen molar-refractivity contribution in [3.63, 3.8) is 0 Å². The summed E-state index contributed by atoms with van der Waals surface area (Å²) >= 11 is 0. The zero-order chi connectivity index (χ0) is 15.4. The molecule has 3 rings (SSSR count). The number of nitrogens with zero attached hydrogens (tertiary/aromatic N) is 1. The maximum atomic E-state index is 12.5. The normalized spacial score (nSPS) is 13.5. The topological polar surface area (TPSA) is 41.6 Å².